The molecular formula is C20H16ClNOS. The molecule has 3 rings (SSSR count). The molecule has 2 nitrogen and oxygen atoms in total. The average molecular weight is 354 g/mol. The highest BCUT2D eigenvalue weighted by molar-refractivity contribution is 7.99. The van der Waals surface area contributed by atoms with Crippen LogP contribution in [0.5, 0.6) is 0 Å². The second-order valence-electron chi connectivity index (χ2n) is 5.20. The standard InChI is InChI=1S/C20H16ClNOS/c21-17-11-13-18(14-12-17)24-20(16-9-5-2-6-10-16)22-19(23)15-7-3-1-4-8-15/h1-14,20H,(H,22,23). The van der Waals surface area contributed by atoms with Gasteiger partial charge in [0.1, 0.15) is 5.37 Å². The Bertz CT molecular complexity index is 791. The fourth-order valence-corrected chi connectivity index (χ4v) is 3.40. The molecule has 1 unspecified atom stereocenters. The van der Waals surface area contributed by atoms with E-state index in [0.717, 1.165) is 10.5 Å². The van der Waals surface area contributed by atoms with Gasteiger partial charge in [0, 0.05) is 15.5 Å². The normalized spacial score (nSPS) is 11.7. The molecule has 0 saturated carbocycles. The lowest BCUT2D eigenvalue weighted by Gasteiger charge is -2.19. The van der Waals surface area contributed by atoms with Gasteiger partial charge in [-0.2, -0.15) is 0 Å². The summed E-state index contributed by atoms with van der Waals surface area (Å²) in [7, 11) is 0. The van der Waals surface area contributed by atoms with Crippen molar-refractivity contribution in [3.05, 3.63) is 101 Å². The number of nitrogens with one attached hydrogen (secondary N) is 1. The first-order chi connectivity index (χ1) is 11.7. The maximum absolute atomic E-state index is 12.5. The number of hydrogen-bond acceptors (Lipinski definition) is 2. The quantitative estimate of drug-likeness (QED) is 0.480. The number of rotatable bonds is 5. The van der Waals surface area contributed by atoms with Crippen molar-refractivity contribution in [1.29, 1.82) is 0 Å². The topological polar surface area (TPSA) is 29.1 Å². The van der Waals surface area contributed by atoms with Crippen molar-refractivity contribution in [3.8, 4) is 0 Å². The molecule has 0 saturated heterocycles. The molecule has 0 radical (unpaired) electrons. The van der Waals surface area contributed by atoms with Crippen LogP contribution in [-0.4, -0.2) is 5.91 Å². The second kappa shape index (κ2) is 8.04. The van der Waals surface area contributed by atoms with Gasteiger partial charge in [0.2, 0.25) is 0 Å². The van der Waals surface area contributed by atoms with Crippen LogP contribution in [0.1, 0.15) is 21.3 Å². The molecule has 0 heterocycles. The Morgan fingerprint density at radius 2 is 1.42 bits per heavy atom. The Labute approximate surface area is 150 Å². The number of hydrogen-bond donors (Lipinski definition) is 1. The van der Waals surface area contributed by atoms with E-state index in [9.17, 15) is 4.79 Å². The minimum absolute atomic E-state index is 0.0917. The predicted octanol–water partition coefficient (Wildman–Crippen LogP) is 5.56. The van der Waals surface area contributed by atoms with Crippen LogP contribution in [0.15, 0.2) is 89.8 Å². The molecule has 3 aromatic carbocycles. The molecular weight excluding hydrogens is 338 g/mol. The van der Waals surface area contributed by atoms with E-state index in [0.29, 0.717) is 10.6 Å². The molecule has 3 aromatic rings. The van der Waals surface area contributed by atoms with E-state index in [2.05, 4.69) is 5.32 Å². The summed E-state index contributed by atoms with van der Waals surface area (Å²) in [6.45, 7) is 0. The Hall–Kier alpha value is -2.23. The van der Waals surface area contributed by atoms with Crippen molar-refractivity contribution in [3.63, 3.8) is 0 Å². The van der Waals surface area contributed by atoms with Crippen LogP contribution < -0.4 is 5.32 Å². The maximum Gasteiger partial charge on any atom is 0.252 e. The fourth-order valence-electron chi connectivity index (χ4n) is 2.25. The van der Waals surface area contributed by atoms with E-state index in [1.807, 2.05) is 84.9 Å². The van der Waals surface area contributed by atoms with Gasteiger partial charge >= 0.3 is 0 Å². The third-order valence-corrected chi connectivity index (χ3v) is 4.89. The average Bonchev–Trinajstić information content (AvgIpc) is 2.64. The summed E-state index contributed by atoms with van der Waals surface area (Å²) in [5.41, 5.74) is 1.69. The van der Waals surface area contributed by atoms with Gasteiger partial charge in [-0.1, -0.05) is 71.9 Å². The van der Waals surface area contributed by atoms with Crippen molar-refractivity contribution in [2.75, 3.05) is 0 Å². The van der Waals surface area contributed by atoms with E-state index >= 15 is 0 Å². The van der Waals surface area contributed by atoms with Crippen LogP contribution in [0.3, 0.4) is 0 Å². The van der Waals surface area contributed by atoms with Crippen LogP contribution in [0.25, 0.3) is 0 Å². The number of carbonyl (C=O) groups excluding carboxylic acids is 1. The first kappa shape index (κ1) is 16.6. The van der Waals surface area contributed by atoms with E-state index in [1.54, 1.807) is 11.8 Å². The molecule has 0 aliphatic rings. The van der Waals surface area contributed by atoms with Crippen LogP contribution in [0.4, 0.5) is 0 Å². The molecule has 0 bridgehead atoms. The second-order valence-corrected chi connectivity index (χ2v) is 6.82. The molecule has 0 spiro atoms. The number of thioether (sulfide) groups is 1. The molecule has 4 heteroatoms. The molecule has 24 heavy (non-hydrogen) atoms. The van der Waals surface area contributed by atoms with E-state index in [-0.39, 0.29) is 11.3 Å². The van der Waals surface area contributed by atoms with Gasteiger partial charge in [-0.15, -0.1) is 0 Å². The van der Waals surface area contributed by atoms with E-state index in [1.165, 1.54) is 0 Å². The van der Waals surface area contributed by atoms with Gasteiger partial charge in [-0.05, 0) is 42.0 Å². The van der Waals surface area contributed by atoms with Crippen LogP contribution >= 0.6 is 23.4 Å². The summed E-state index contributed by atoms with van der Waals surface area (Å²) >= 11 is 7.53. The predicted molar refractivity (Wildman–Crippen MR) is 100 cm³/mol. The Kier molecular flexibility index (Phi) is 5.57. The van der Waals surface area contributed by atoms with Crippen molar-refractivity contribution in [2.24, 2.45) is 0 Å². The first-order valence-electron chi connectivity index (χ1n) is 7.55. The van der Waals surface area contributed by atoms with Gasteiger partial charge in [0.15, 0.2) is 0 Å². The van der Waals surface area contributed by atoms with Gasteiger partial charge in [0.25, 0.3) is 5.91 Å². The SMILES string of the molecule is O=C(NC(Sc1ccc(Cl)cc1)c1ccccc1)c1ccccc1. The summed E-state index contributed by atoms with van der Waals surface area (Å²) in [6, 6.07) is 26.8. The lowest BCUT2D eigenvalue weighted by atomic mass is 10.2. The minimum atomic E-state index is -0.180. The molecule has 0 fully saturated rings. The highest BCUT2D eigenvalue weighted by Crippen LogP contribution is 2.33. The van der Waals surface area contributed by atoms with Crippen LogP contribution in [0, 0.1) is 0 Å². The summed E-state index contributed by atoms with van der Waals surface area (Å²) < 4.78 is 0. The molecule has 0 aliphatic heterocycles. The molecule has 0 aliphatic carbocycles. The molecule has 1 atom stereocenters. The monoisotopic (exact) mass is 353 g/mol. The number of halogens is 1. The highest BCUT2D eigenvalue weighted by atomic mass is 35.5. The Morgan fingerprint density at radius 3 is 2.04 bits per heavy atom. The first-order valence-corrected chi connectivity index (χ1v) is 8.81. The zero-order valence-electron chi connectivity index (χ0n) is 12.9. The number of carbonyl (C=O) groups is 1. The smallest absolute Gasteiger partial charge is 0.252 e. The molecule has 120 valence electrons. The van der Waals surface area contributed by atoms with Crippen LogP contribution in [-0.2, 0) is 0 Å². The lowest BCUT2D eigenvalue weighted by Crippen LogP contribution is -2.26. The van der Waals surface area contributed by atoms with Crippen molar-refractivity contribution >= 4 is 29.3 Å². The zero-order chi connectivity index (χ0) is 16.8. The van der Waals surface area contributed by atoms with Gasteiger partial charge in [0.05, 0.1) is 0 Å². The summed E-state index contributed by atoms with van der Waals surface area (Å²) in [6.07, 6.45) is 0. The maximum atomic E-state index is 12.5. The summed E-state index contributed by atoms with van der Waals surface area (Å²) in [5.74, 6) is -0.0917. The zero-order valence-corrected chi connectivity index (χ0v) is 14.4. The van der Waals surface area contributed by atoms with Gasteiger partial charge in [-0.25, -0.2) is 0 Å². The lowest BCUT2D eigenvalue weighted by molar-refractivity contribution is 0.0949. The van der Waals surface area contributed by atoms with Gasteiger partial charge < -0.3 is 5.32 Å². The van der Waals surface area contributed by atoms with Crippen molar-refractivity contribution < 1.29 is 4.79 Å². The highest BCUT2D eigenvalue weighted by Gasteiger charge is 2.17. The summed E-state index contributed by atoms with van der Waals surface area (Å²) in [5, 5.41) is 3.62. The molecule has 1 N–H and O–H groups in total. The Morgan fingerprint density at radius 1 is 0.833 bits per heavy atom. The largest absolute Gasteiger partial charge is 0.336 e. The number of benzene rings is 3. The van der Waals surface area contributed by atoms with Crippen molar-refractivity contribution in [1.82, 2.24) is 5.32 Å². The third-order valence-electron chi connectivity index (χ3n) is 3.47. The third kappa shape index (κ3) is 4.40. The molecule has 0 aromatic heterocycles. The fraction of sp³-hybridized carbons (Fsp3) is 0.0500. The Balaban J connectivity index is 1.82. The molecule has 1 amide bonds. The van der Waals surface area contributed by atoms with E-state index in [4.69, 9.17) is 11.6 Å². The van der Waals surface area contributed by atoms with E-state index < -0.39 is 0 Å². The number of amides is 1. The van der Waals surface area contributed by atoms with Crippen molar-refractivity contribution in [2.45, 2.75) is 10.3 Å². The van der Waals surface area contributed by atoms with Crippen LogP contribution in [0.2, 0.25) is 5.02 Å². The van der Waals surface area contributed by atoms with Gasteiger partial charge in [-0.3, -0.25) is 4.79 Å². The summed E-state index contributed by atoms with van der Waals surface area (Å²) in [4.78, 5) is 13.6. The minimum Gasteiger partial charge on any atom is -0.336 e.